The fourth-order valence-corrected chi connectivity index (χ4v) is 2.86. The molecule has 0 unspecified atom stereocenters. The van der Waals surface area contributed by atoms with Gasteiger partial charge in [0.05, 0.1) is 11.6 Å². The number of nitrogens with zero attached hydrogens (tertiary/aromatic N) is 1. The van der Waals surface area contributed by atoms with Gasteiger partial charge in [-0.25, -0.2) is 4.39 Å². The Morgan fingerprint density at radius 2 is 1.96 bits per heavy atom. The first-order chi connectivity index (χ1) is 11.0. The molecule has 1 heterocycles. The van der Waals surface area contributed by atoms with Crippen molar-refractivity contribution in [3.05, 3.63) is 59.2 Å². The van der Waals surface area contributed by atoms with Gasteiger partial charge in [0.2, 0.25) is 5.91 Å². The Morgan fingerprint density at radius 1 is 1.30 bits per heavy atom. The van der Waals surface area contributed by atoms with Crippen LogP contribution >= 0.6 is 0 Å². The summed E-state index contributed by atoms with van der Waals surface area (Å²) in [5, 5.41) is 0. The van der Waals surface area contributed by atoms with E-state index in [1.165, 1.54) is 24.4 Å². The highest BCUT2D eigenvalue weighted by Crippen LogP contribution is 2.44. The van der Waals surface area contributed by atoms with Crippen molar-refractivity contribution in [2.24, 2.45) is 11.7 Å². The van der Waals surface area contributed by atoms with E-state index in [2.05, 4.69) is 4.98 Å². The lowest BCUT2D eigenvalue weighted by molar-refractivity contribution is 0.0705. The second-order valence-corrected chi connectivity index (χ2v) is 5.92. The number of amides is 2. The molecule has 3 rings (SSSR count). The van der Waals surface area contributed by atoms with E-state index in [0.717, 1.165) is 18.4 Å². The highest BCUT2D eigenvalue weighted by atomic mass is 19.1. The average Bonchev–Trinajstić information content (AvgIpc) is 3.23. The summed E-state index contributed by atoms with van der Waals surface area (Å²) in [6.07, 6.45) is 3.50. The number of rotatable bonds is 5. The monoisotopic (exact) mass is 315 g/mol. The molecular formula is C17H18FN3O2. The molecular weight excluding hydrogens is 297 g/mol. The lowest BCUT2D eigenvalue weighted by Gasteiger charge is -2.28. The number of carbonyl (C=O) groups excluding carboxylic acids is 2. The van der Waals surface area contributed by atoms with Gasteiger partial charge in [-0.2, -0.15) is 0 Å². The number of aromatic amines is 1. The highest BCUT2D eigenvalue weighted by Gasteiger charge is 2.37. The minimum atomic E-state index is -0.583. The van der Waals surface area contributed by atoms with Crippen molar-refractivity contribution >= 4 is 11.8 Å². The van der Waals surface area contributed by atoms with E-state index in [9.17, 15) is 14.0 Å². The summed E-state index contributed by atoms with van der Waals surface area (Å²) in [5.41, 5.74) is 6.70. The highest BCUT2D eigenvalue weighted by molar-refractivity contribution is 5.98. The Morgan fingerprint density at radius 3 is 2.48 bits per heavy atom. The first-order valence-electron chi connectivity index (χ1n) is 7.48. The van der Waals surface area contributed by atoms with Gasteiger partial charge in [-0.15, -0.1) is 0 Å². The smallest absolute Gasteiger partial charge is 0.270 e. The fraction of sp³-hybridized carbons (Fsp3) is 0.294. The minimum Gasteiger partial charge on any atom is -0.366 e. The molecule has 0 bridgehead atoms. The topological polar surface area (TPSA) is 79.2 Å². The van der Waals surface area contributed by atoms with Crippen molar-refractivity contribution in [3.63, 3.8) is 0 Å². The molecule has 1 atom stereocenters. The summed E-state index contributed by atoms with van der Waals surface area (Å²) >= 11 is 0. The largest absolute Gasteiger partial charge is 0.366 e. The number of primary amides is 1. The van der Waals surface area contributed by atoms with Crippen molar-refractivity contribution in [2.45, 2.75) is 18.9 Å². The van der Waals surface area contributed by atoms with Crippen molar-refractivity contribution < 1.29 is 14.0 Å². The van der Waals surface area contributed by atoms with Crippen molar-refractivity contribution in [1.82, 2.24) is 9.88 Å². The molecule has 2 amide bonds. The summed E-state index contributed by atoms with van der Waals surface area (Å²) < 4.78 is 13.1. The van der Waals surface area contributed by atoms with Crippen LogP contribution in [-0.2, 0) is 0 Å². The van der Waals surface area contributed by atoms with Crippen LogP contribution in [0.5, 0.6) is 0 Å². The number of carbonyl (C=O) groups is 2. The third-order valence-corrected chi connectivity index (χ3v) is 4.22. The zero-order chi connectivity index (χ0) is 16.6. The molecule has 5 nitrogen and oxygen atoms in total. The van der Waals surface area contributed by atoms with Crippen LogP contribution in [0.15, 0.2) is 36.5 Å². The van der Waals surface area contributed by atoms with Gasteiger partial charge in [0.25, 0.3) is 5.91 Å². The van der Waals surface area contributed by atoms with Crippen molar-refractivity contribution in [3.8, 4) is 0 Å². The number of hydrogen-bond donors (Lipinski definition) is 2. The van der Waals surface area contributed by atoms with Crippen LogP contribution in [0.4, 0.5) is 4.39 Å². The Balaban J connectivity index is 1.85. The molecule has 1 aromatic carbocycles. The maximum absolute atomic E-state index is 13.1. The molecule has 0 radical (unpaired) electrons. The van der Waals surface area contributed by atoms with Crippen molar-refractivity contribution in [1.29, 1.82) is 0 Å². The third-order valence-electron chi connectivity index (χ3n) is 4.22. The lowest BCUT2D eigenvalue weighted by Crippen LogP contribution is -2.32. The third kappa shape index (κ3) is 3.11. The van der Waals surface area contributed by atoms with Crippen LogP contribution in [0.2, 0.25) is 0 Å². The quantitative estimate of drug-likeness (QED) is 0.889. The zero-order valence-electron chi connectivity index (χ0n) is 12.8. The van der Waals surface area contributed by atoms with Gasteiger partial charge >= 0.3 is 0 Å². The normalized spacial score (nSPS) is 15.2. The number of H-pyrrole nitrogens is 1. The molecule has 23 heavy (non-hydrogen) atoms. The number of nitrogens with two attached hydrogens (primary N) is 1. The molecule has 2 aromatic rings. The Bertz CT molecular complexity index is 735. The van der Waals surface area contributed by atoms with Crippen molar-refractivity contribution in [2.75, 3.05) is 7.05 Å². The molecule has 1 saturated carbocycles. The molecule has 1 aromatic heterocycles. The second kappa shape index (κ2) is 5.87. The van der Waals surface area contributed by atoms with Crippen LogP contribution in [0.3, 0.4) is 0 Å². The summed E-state index contributed by atoms with van der Waals surface area (Å²) in [5.74, 6) is -0.730. The van der Waals surface area contributed by atoms with E-state index in [4.69, 9.17) is 5.73 Å². The summed E-state index contributed by atoms with van der Waals surface area (Å²) in [4.78, 5) is 28.2. The first-order valence-corrected chi connectivity index (χ1v) is 7.48. The van der Waals surface area contributed by atoms with Gasteiger partial charge < -0.3 is 15.6 Å². The maximum Gasteiger partial charge on any atom is 0.270 e. The Kier molecular flexibility index (Phi) is 3.90. The zero-order valence-corrected chi connectivity index (χ0v) is 12.8. The predicted molar refractivity (Wildman–Crippen MR) is 83.3 cm³/mol. The van der Waals surface area contributed by atoms with Gasteiger partial charge in [-0.1, -0.05) is 12.1 Å². The summed E-state index contributed by atoms with van der Waals surface area (Å²) in [7, 11) is 1.72. The van der Waals surface area contributed by atoms with Crippen LogP contribution in [0.25, 0.3) is 0 Å². The predicted octanol–water partition coefficient (Wildman–Crippen LogP) is 2.48. The molecule has 1 aliphatic carbocycles. The van der Waals surface area contributed by atoms with E-state index in [0.29, 0.717) is 11.6 Å². The van der Waals surface area contributed by atoms with Gasteiger partial charge in [0.15, 0.2) is 0 Å². The molecule has 0 aliphatic heterocycles. The average molecular weight is 315 g/mol. The van der Waals surface area contributed by atoms with Crippen LogP contribution in [-0.4, -0.2) is 28.7 Å². The summed E-state index contributed by atoms with van der Waals surface area (Å²) in [6.45, 7) is 0. The van der Waals surface area contributed by atoms with Gasteiger partial charge in [0, 0.05) is 13.2 Å². The SMILES string of the molecule is CN(C(=O)c1cc(C(N)=O)c[nH]1)[C@@H](c1ccc(F)cc1)C1CC1. The van der Waals surface area contributed by atoms with Crippen LogP contribution < -0.4 is 5.73 Å². The number of hydrogen-bond acceptors (Lipinski definition) is 2. The first kappa shape index (κ1) is 15.3. The van der Waals surface area contributed by atoms with E-state index < -0.39 is 5.91 Å². The van der Waals surface area contributed by atoms with E-state index in [-0.39, 0.29) is 23.3 Å². The Hall–Kier alpha value is -2.63. The van der Waals surface area contributed by atoms with E-state index >= 15 is 0 Å². The fourth-order valence-electron chi connectivity index (χ4n) is 2.86. The second-order valence-electron chi connectivity index (χ2n) is 5.92. The standard InChI is InChI=1S/C17H18FN3O2/c1-21(17(23)14-8-12(9-20-14)16(19)22)15(10-2-3-10)11-4-6-13(18)7-5-11/h4-10,15,20H,2-3H2,1H3,(H2,19,22)/t15-/m1/s1. The molecule has 6 heteroatoms. The molecule has 1 aliphatic rings. The maximum atomic E-state index is 13.1. The summed E-state index contributed by atoms with van der Waals surface area (Å²) in [6, 6.07) is 7.59. The minimum absolute atomic E-state index is 0.108. The molecule has 120 valence electrons. The molecule has 0 spiro atoms. The van der Waals surface area contributed by atoms with Gasteiger partial charge in [-0.3, -0.25) is 9.59 Å². The van der Waals surface area contributed by atoms with E-state index in [1.807, 2.05) is 0 Å². The Labute approximate surface area is 133 Å². The number of nitrogens with one attached hydrogen (secondary N) is 1. The number of aromatic nitrogens is 1. The van der Waals surface area contributed by atoms with Gasteiger partial charge in [-0.05, 0) is 42.5 Å². The molecule has 0 saturated heterocycles. The lowest BCUT2D eigenvalue weighted by atomic mass is 10.0. The molecule has 3 N–H and O–H groups in total. The molecule has 1 fully saturated rings. The van der Waals surface area contributed by atoms with E-state index in [1.54, 1.807) is 24.1 Å². The number of halogens is 1. The number of benzene rings is 1. The van der Waals surface area contributed by atoms with Crippen LogP contribution in [0, 0.1) is 11.7 Å². The van der Waals surface area contributed by atoms with Gasteiger partial charge in [0.1, 0.15) is 11.5 Å². The van der Waals surface area contributed by atoms with Crippen LogP contribution in [0.1, 0.15) is 45.3 Å².